The topological polar surface area (TPSA) is 288 Å². The third-order valence-electron chi connectivity index (χ3n) is 21.1. The molecule has 80 heavy (non-hydrogen) atoms. The highest BCUT2D eigenvalue weighted by atomic mass is 127. The van der Waals surface area contributed by atoms with E-state index in [-0.39, 0.29) is 109 Å². The summed E-state index contributed by atoms with van der Waals surface area (Å²) in [5.74, 6) is -5.77. The van der Waals surface area contributed by atoms with Gasteiger partial charge in [0.1, 0.15) is 36.6 Å². The number of carbonyl (C=O) groups excluding carboxylic acids is 1. The van der Waals surface area contributed by atoms with Crippen LogP contribution in [0, 0.1) is 0 Å². The fourth-order valence-electron chi connectivity index (χ4n) is 17.2. The second-order valence-corrected chi connectivity index (χ2v) is 28.0. The van der Waals surface area contributed by atoms with E-state index in [1.165, 1.54) is 0 Å². The van der Waals surface area contributed by atoms with E-state index in [9.17, 15) is 25.2 Å². The summed E-state index contributed by atoms with van der Waals surface area (Å²) in [7, 11) is 0. The molecule has 3 unspecified atom stereocenters. The standard InChI is InChI=1S/C57H81IN2O20/c1-24-11-28-7-9-55-23-57(64,65)53(80-55)52-48(58)51(79-55)50-34(73-52)6-4-27(68-50)13-47(63)72-41-16-38-39(70-37(41)14-35-25(2)29(59)12-26(67-35)3-5-32(24)66-28)17-43-45(71-38)20-56(76-43)21-46-33(75-56)8-10-54(78-46)19-30(60)49-44(77-54)18-40-42(74-49)15-36(69-40)31(62)22-61/h26-46,48-53,61-62,64-65H,1-23,59-60H2/t26-,27+,28-,29+,30-,31-,32-,33-,34-,35+,36-,37-,38?,39-,40+,41+,42+,43+,44-,45?,46-,48-,49-,50-,51+,52+,53?,54-,55+,56+/m0/s1. The van der Waals surface area contributed by atoms with Crippen LogP contribution in [0.2, 0.25) is 0 Å². The molecule has 15 heterocycles. The van der Waals surface area contributed by atoms with Crippen molar-refractivity contribution in [3.63, 3.8) is 0 Å². The van der Waals surface area contributed by atoms with Crippen LogP contribution in [-0.2, 0) is 75.8 Å². The fraction of sp³-hybridized carbons (Fsp3) is 0.912. The number of carbonyl (C=O) groups is 1. The summed E-state index contributed by atoms with van der Waals surface area (Å²) in [6, 6.07) is -0.652. The molecule has 0 aromatic carbocycles. The van der Waals surface area contributed by atoms with Crippen LogP contribution in [0.5, 0.6) is 0 Å². The van der Waals surface area contributed by atoms with Gasteiger partial charge in [-0.2, -0.15) is 0 Å². The Bertz CT molecular complexity index is 2390. The molecule has 0 saturated carbocycles. The summed E-state index contributed by atoms with van der Waals surface area (Å²) < 4.78 is 101. The van der Waals surface area contributed by atoms with Gasteiger partial charge in [-0.25, -0.2) is 0 Å². The molecular formula is C57H81IN2O20. The molecule has 0 amide bonds. The zero-order valence-electron chi connectivity index (χ0n) is 45.2. The van der Waals surface area contributed by atoms with Gasteiger partial charge in [-0.05, 0) is 62.5 Å². The lowest BCUT2D eigenvalue weighted by Gasteiger charge is -2.53. The van der Waals surface area contributed by atoms with Gasteiger partial charge < -0.3 is 103 Å². The fourth-order valence-corrected chi connectivity index (χ4v) is 18.3. The van der Waals surface area contributed by atoms with E-state index in [0.29, 0.717) is 116 Å². The van der Waals surface area contributed by atoms with Crippen molar-refractivity contribution in [3.05, 3.63) is 24.3 Å². The molecule has 15 saturated heterocycles. The number of esters is 1. The van der Waals surface area contributed by atoms with Crippen molar-refractivity contribution in [3.8, 4) is 0 Å². The van der Waals surface area contributed by atoms with Gasteiger partial charge >= 0.3 is 5.97 Å². The second-order valence-electron chi connectivity index (χ2n) is 26.6. The van der Waals surface area contributed by atoms with Crippen LogP contribution in [0.1, 0.15) is 128 Å². The number of ether oxygens (including phenoxy) is 15. The van der Waals surface area contributed by atoms with Crippen LogP contribution in [0.15, 0.2) is 24.3 Å². The van der Waals surface area contributed by atoms with Crippen molar-refractivity contribution in [1.29, 1.82) is 0 Å². The first kappa shape index (κ1) is 55.5. The Morgan fingerprint density at radius 3 is 2.08 bits per heavy atom. The van der Waals surface area contributed by atoms with Gasteiger partial charge in [-0.1, -0.05) is 35.7 Å². The summed E-state index contributed by atoms with van der Waals surface area (Å²) in [6.45, 7) is 8.48. The number of alkyl halides is 1. The van der Waals surface area contributed by atoms with Crippen LogP contribution < -0.4 is 11.5 Å². The smallest absolute Gasteiger partial charge is 0.308 e. The first-order valence-corrected chi connectivity index (χ1v) is 31.4. The number of aliphatic hydroxyl groups excluding tert-OH is 2. The number of hydrogen-bond acceptors (Lipinski definition) is 22. The third-order valence-corrected chi connectivity index (χ3v) is 22.5. The van der Waals surface area contributed by atoms with Gasteiger partial charge in [0, 0.05) is 76.3 Å². The van der Waals surface area contributed by atoms with Crippen LogP contribution in [0.25, 0.3) is 0 Å². The average Bonchev–Trinajstić information content (AvgIpc) is 3.74. The lowest BCUT2D eigenvalue weighted by Crippen LogP contribution is -2.65. The van der Waals surface area contributed by atoms with E-state index in [2.05, 4.69) is 35.7 Å². The Labute approximate surface area is 479 Å². The van der Waals surface area contributed by atoms with Gasteiger partial charge in [0.05, 0.1) is 133 Å². The molecule has 0 aromatic rings. The SMILES string of the molecule is C=C1C[C@@H]2CC[C@]34CC(O)(O)C(O3)[C@@H]3O[C@H]5CC[C@H](CC(=O)O[C@@H]6CC7OC8C[C@]9(C[C@@H]%10O[C@@]%11(CC[C@@H]%10O9)C[C@H](N)[C@@H]9O[C@@H]%10C[C@@H]([C@@H](O)CO)O[C@@H]%10C[C@@H]9O%11)O[C@@H]8C[C@@H]7O[C@H]6C[C@H]6O[C@@H](CC[C@@H]1O2)C[C@@H](N)C6=C)O[C@@H]5[C@H](O4)[C@@H]3I. The van der Waals surface area contributed by atoms with Crippen molar-refractivity contribution >= 4 is 28.6 Å². The average molecular weight is 1240 g/mol. The van der Waals surface area contributed by atoms with Gasteiger partial charge in [0.25, 0.3) is 0 Å². The summed E-state index contributed by atoms with van der Waals surface area (Å²) in [5, 5.41) is 42.8. The third kappa shape index (κ3) is 9.86. The van der Waals surface area contributed by atoms with E-state index in [0.717, 1.165) is 11.1 Å². The highest BCUT2D eigenvalue weighted by Crippen LogP contribution is 2.56. The predicted molar refractivity (Wildman–Crippen MR) is 281 cm³/mol. The number of hydrogen-bond donors (Lipinski definition) is 6. The molecule has 15 aliphatic rings. The second kappa shape index (κ2) is 20.8. The van der Waals surface area contributed by atoms with Crippen molar-refractivity contribution in [2.24, 2.45) is 11.5 Å². The number of fused-ring (bicyclic) bond motifs is 14. The van der Waals surface area contributed by atoms with E-state index in [4.69, 9.17) is 82.5 Å². The van der Waals surface area contributed by atoms with E-state index in [1.807, 2.05) is 0 Å². The summed E-state index contributed by atoms with van der Waals surface area (Å²) in [5.41, 5.74) is 15.5. The Morgan fingerprint density at radius 1 is 0.550 bits per heavy atom. The van der Waals surface area contributed by atoms with Gasteiger partial charge in [-0.3, -0.25) is 4.79 Å². The van der Waals surface area contributed by atoms with Crippen LogP contribution in [0.4, 0.5) is 0 Å². The van der Waals surface area contributed by atoms with Crippen molar-refractivity contribution in [2.45, 2.75) is 314 Å². The Kier molecular flexibility index (Phi) is 14.4. The quantitative estimate of drug-likeness (QED) is 0.0757. The molecule has 3 spiro atoms. The Balaban J connectivity index is 0.642. The lowest BCUT2D eigenvalue weighted by atomic mass is 9.84. The summed E-state index contributed by atoms with van der Waals surface area (Å²) >= 11 is 2.28. The zero-order valence-corrected chi connectivity index (χ0v) is 47.4. The Morgan fingerprint density at radius 2 is 1.23 bits per heavy atom. The van der Waals surface area contributed by atoms with Crippen molar-refractivity contribution in [2.75, 3.05) is 6.61 Å². The van der Waals surface area contributed by atoms with E-state index >= 15 is 0 Å². The number of nitrogens with two attached hydrogens (primary N) is 2. The molecule has 23 heteroatoms. The van der Waals surface area contributed by atoms with Gasteiger partial charge in [0.15, 0.2) is 23.1 Å². The molecule has 15 aliphatic heterocycles. The van der Waals surface area contributed by atoms with Crippen LogP contribution in [-0.4, -0.2) is 219 Å². The van der Waals surface area contributed by atoms with Gasteiger partial charge in [0.2, 0.25) is 0 Å². The van der Waals surface area contributed by atoms with Gasteiger partial charge in [-0.15, -0.1) is 0 Å². The highest BCUT2D eigenvalue weighted by Gasteiger charge is 2.68. The molecule has 22 nitrogen and oxygen atoms in total. The largest absolute Gasteiger partial charge is 0.459 e. The first-order chi connectivity index (χ1) is 38.4. The maximum Gasteiger partial charge on any atom is 0.308 e. The number of aliphatic hydroxyl groups is 4. The summed E-state index contributed by atoms with van der Waals surface area (Å²) in [6.07, 6.45) is -0.957. The number of halogens is 1. The maximum absolute atomic E-state index is 14.4. The van der Waals surface area contributed by atoms with Crippen LogP contribution in [0.3, 0.4) is 0 Å². The molecule has 30 atom stereocenters. The van der Waals surface area contributed by atoms with Crippen molar-refractivity contribution in [1.82, 2.24) is 0 Å². The zero-order chi connectivity index (χ0) is 54.8. The highest BCUT2D eigenvalue weighted by molar-refractivity contribution is 14.1. The lowest BCUT2D eigenvalue weighted by molar-refractivity contribution is -0.355. The molecule has 15 fully saturated rings. The van der Waals surface area contributed by atoms with Crippen molar-refractivity contribution < 1.29 is 96.3 Å². The molecule has 0 aliphatic carbocycles. The normalized spacial score (nSPS) is 56.4. The van der Waals surface area contributed by atoms with E-state index < -0.39 is 102 Å². The molecule has 0 aromatic heterocycles. The molecule has 0 radical (unpaired) electrons. The summed E-state index contributed by atoms with van der Waals surface area (Å²) in [4.78, 5) is 14.4. The predicted octanol–water partition coefficient (Wildman–Crippen LogP) is 1.94. The molecule has 15 rings (SSSR count). The van der Waals surface area contributed by atoms with E-state index in [1.54, 1.807) is 0 Å². The minimum Gasteiger partial charge on any atom is -0.459 e. The van der Waals surface area contributed by atoms with Crippen LogP contribution >= 0.6 is 22.6 Å². The molecule has 8 N–H and O–H groups in total. The monoisotopic (exact) mass is 1240 g/mol. The molecule has 446 valence electrons. The Hall–Kier alpha value is -1.12. The molecule has 10 bridgehead atoms. The minimum absolute atomic E-state index is 0.00387. The minimum atomic E-state index is -2.16. The molecular weight excluding hydrogens is 1160 g/mol. The maximum atomic E-state index is 14.4. The number of rotatable bonds is 2. The first-order valence-electron chi connectivity index (χ1n) is 30.1.